The zero-order valence-electron chi connectivity index (χ0n) is 11.9. The van der Waals surface area contributed by atoms with Crippen LogP contribution in [-0.2, 0) is 5.41 Å². The minimum Gasteiger partial charge on any atom is -0.355 e. The lowest BCUT2D eigenvalue weighted by Gasteiger charge is -2.20. The maximum absolute atomic E-state index is 14.1. The highest BCUT2D eigenvalue weighted by molar-refractivity contribution is 5.76. The molecule has 0 aromatic heterocycles. The molecule has 0 aliphatic rings. The van der Waals surface area contributed by atoms with Gasteiger partial charge in [-0.05, 0) is 47.4 Å². The monoisotopic (exact) mass is 271 g/mol. The maximum atomic E-state index is 14.1. The van der Waals surface area contributed by atoms with Crippen molar-refractivity contribution in [2.75, 3.05) is 5.32 Å². The molecule has 104 valence electrons. The normalized spacial score (nSPS) is 11.2. The Balaban J connectivity index is 2.21. The highest BCUT2D eigenvalue weighted by Crippen LogP contribution is 2.28. The average molecular weight is 271 g/mol. The topological polar surface area (TPSA) is 29.1 Å². The molecule has 0 bridgehead atoms. The van der Waals surface area contributed by atoms with Gasteiger partial charge in [-0.25, -0.2) is 4.39 Å². The fraction of sp³-hybridized carbons (Fsp3) is 0.235. The predicted octanol–water partition coefficient (Wildman–Crippen LogP) is 4.68. The molecule has 2 rings (SSSR count). The summed E-state index contributed by atoms with van der Waals surface area (Å²) in [6.07, 6.45) is 0.793. The Kier molecular flexibility index (Phi) is 3.89. The summed E-state index contributed by atoms with van der Waals surface area (Å²) in [4.78, 5) is 10.6. The van der Waals surface area contributed by atoms with Gasteiger partial charge in [0.2, 0.25) is 0 Å². The molecule has 0 saturated heterocycles. The van der Waals surface area contributed by atoms with E-state index in [1.54, 1.807) is 30.3 Å². The highest BCUT2D eigenvalue weighted by Gasteiger charge is 2.18. The third kappa shape index (κ3) is 3.23. The number of aldehydes is 1. The molecule has 0 aliphatic carbocycles. The van der Waals surface area contributed by atoms with Crippen LogP contribution in [0.25, 0.3) is 0 Å². The molecular weight excluding hydrogens is 253 g/mol. The van der Waals surface area contributed by atoms with Crippen LogP contribution in [0.5, 0.6) is 0 Å². The molecule has 2 aromatic carbocycles. The standard InChI is InChI=1S/C17H18FNO/c1-17(2,3)15-9-8-14(10-16(15)18)19-13-6-4-12(11-20)5-7-13/h4-11,19H,1-3H3. The number of benzene rings is 2. The van der Waals surface area contributed by atoms with Crippen molar-refractivity contribution >= 4 is 17.7 Å². The first-order chi connectivity index (χ1) is 9.40. The number of hydrogen-bond acceptors (Lipinski definition) is 2. The lowest BCUT2D eigenvalue weighted by Crippen LogP contribution is -2.13. The fourth-order valence-electron chi connectivity index (χ4n) is 2.01. The van der Waals surface area contributed by atoms with E-state index in [2.05, 4.69) is 5.32 Å². The number of anilines is 2. The molecule has 0 saturated carbocycles. The molecule has 2 nitrogen and oxygen atoms in total. The quantitative estimate of drug-likeness (QED) is 0.821. The van der Waals surface area contributed by atoms with Gasteiger partial charge in [0.1, 0.15) is 12.1 Å². The minimum atomic E-state index is -0.216. The Bertz CT molecular complexity index is 612. The van der Waals surface area contributed by atoms with Crippen molar-refractivity contribution in [3.05, 3.63) is 59.4 Å². The van der Waals surface area contributed by atoms with Crippen LogP contribution in [0.2, 0.25) is 0 Å². The van der Waals surface area contributed by atoms with E-state index in [4.69, 9.17) is 0 Å². The molecule has 2 aromatic rings. The molecule has 1 N–H and O–H groups in total. The van der Waals surface area contributed by atoms with Crippen LogP contribution in [0.4, 0.5) is 15.8 Å². The second kappa shape index (κ2) is 5.45. The van der Waals surface area contributed by atoms with Gasteiger partial charge in [0.25, 0.3) is 0 Å². The summed E-state index contributed by atoms with van der Waals surface area (Å²) < 4.78 is 14.1. The third-order valence-electron chi connectivity index (χ3n) is 3.11. The number of carbonyl (C=O) groups is 1. The van der Waals surface area contributed by atoms with Gasteiger partial charge in [-0.15, -0.1) is 0 Å². The summed E-state index contributed by atoms with van der Waals surface area (Å²) in [6.45, 7) is 5.95. The van der Waals surface area contributed by atoms with Crippen molar-refractivity contribution in [2.45, 2.75) is 26.2 Å². The molecular formula is C17H18FNO. The van der Waals surface area contributed by atoms with Crippen LogP contribution in [0.3, 0.4) is 0 Å². The van der Waals surface area contributed by atoms with E-state index in [1.165, 1.54) is 6.07 Å². The molecule has 0 radical (unpaired) electrons. The smallest absolute Gasteiger partial charge is 0.150 e. The van der Waals surface area contributed by atoms with Gasteiger partial charge in [-0.3, -0.25) is 4.79 Å². The largest absolute Gasteiger partial charge is 0.355 e. The van der Waals surface area contributed by atoms with Crippen molar-refractivity contribution in [2.24, 2.45) is 0 Å². The Morgan fingerprint density at radius 2 is 1.60 bits per heavy atom. The predicted molar refractivity (Wildman–Crippen MR) is 80.2 cm³/mol. The van der Waals surface area contributed by atoms with Crippen molar-refractivity contribution < 1.29 is 9.18 Å². The maximum Gasteiger partial charge on any atom is 0.150 e. The molecule has 3 heteroatoms. The average Bonchev–Trinajstić information content (AvgIpc) is 2.38. The third-order valence-corrected chi connectivity index (χ3v) is 3.11. The van der Waals surface area contributed by atoms with Gasteiger partial charge in [0, 0.05) is 16.9 Å². The number of hydrogen-bond donors (Lipinski definition) is 1. The Morgan fingerprint density at radius 1 is 1.00 bits per heavy atom. The SMILES string of the molecule is CC(C)(C)c1ccc(Nc2ccc(C=O)cc2)cc1F. The van der Waals surface area contributed by atoms with Crippen molar-refractivity contribution in [3.63, 3.8) is 0 Å². The van der Waals surface area contributed by atoms with E-state index >= 15 is 0 Å². The molecule has 0 amide bonds. The van der Waals surface area contributed by atoms with Crippen LogP contribution >= 0.6 is 0 Å². The number of rotatable bonds is 3. The number of carbonyl (C=O) groups excluding carboxylic acids is 1. The zero-order valence-corrected chi connectivity index (χ0v) is 11.9. The minimum absolute atomic E-state index is 0.214. The first-order valence-corrected chi connectivity index (χ1v) is 6.52. The Labute approximate surface area is 118 Å². The second-order valence-corrected chi connectivity index (χ2v) is 5.81. The van der Waals surface area contributed by atoms with Crippen LogP contribution < -0.4 is 5.32 Å². The van der Waals surface area contributed by atoms with Crippen molar-refractivity contribution in [1.29, 1.82) is 0 Å². The first kappa shape index (κ1) is 14.3. The van der Waals surface area contributed by atoms with Crippen LogP contribution in [0.15, 0.2) is 42.5 Å². The molecule has 0 heterocycles. The van der Waals surface area contributed by atoms with Gasteiger partial charge in [-0.2, -0.15) is 0 Å². The van der Waals surface area contributed by atoms with Crippen LogP contribution in [0.1, 0.15) is 36.7 Å². The van der Waals surface area contributed by atoms with Crippen LogP contribution in [-0.4, -0.2) is 6.29 Å². The number of halogens is 1. The molecule has 0 unspecified atom stereocenters. The molecule has 0 spiro atoms. The van der Waals surface area contributed by atoms with E-state index in [1.807, 2.05) is 26.8 Å². The Morgan fingerprint density at radius 3 is 2.10 bits per heavy atom. The Hall–Kier alpha value is -2.16. The van der Waals surface area contributed by atoms with Gasteiger partial charge in [0.15, 0.2) is 0 Å². The molecule has 0 atom stereocenters. The van der Waals surface area contributed by atoms with Crippen molar-refractivity contribution in [3.8, 4) is 0 Å². The van der Waals surface area contributed by atoms with E-state index < -0.39 is 0 Å². The summed E-state index contributed by atoms with van der Waals surface area (Å²) in [5, 5.41) is 3.12. The molecule has 0 fully saturated rings. The lowest BCUT2D eigenvalue weighted by molar-refractivity contribution is 0.112. The van der Waals surface area contributed by atoms with Crippen molar-refractivity contribution in [1.82, 2.24) is 0 Å². The fourth-order valence-corrected chi connectivity index (χ4v) is 2.01. The van der Waals surface area contributed by atoms with Gasteiger partial charge >= 0.3 is 0 Å². The van der Waals surface area contributed by atoms with Gasteiger partial charge in [-0.1, -0.05) is 26.8 Å². The molecule has 20 heavy (non-hydrogen) atoms. The second-order valence-electron chi connectivity index (χ2n) is 5.81. The summed E-state index contributed by atoms with van der Waals surface area (Å²) in [5.41, 5.74) is 2.60. The first-order valence-electron chi connectivity index (χ1n) is 6.52. The van der Waals surface area contributed by atoms with Gasteiger partial charge in [0.05, 0.1) is 0 Å². The van der Waals surface area contributed by atoms with Crippen LogP contribution in [0, 0.1) is 5.82 Å². The number of nitrogens with one attached hydrogen (secondary N) is 1. The summed E-state index contributed by atoms with van der Waals surface area (Å²) in [6, 6.07) is 12.2. The lowest BCUT2D eigenvalue weighted by atomic mass is 9.86. The molecule has 0 aliphatic heterocycles. The zero-order chi connectivity index (χ0) is 14.8. The van der Waals surface area contributed by atoms with E-state index in [0.29, 0.717) is 16.8 Å². The summed E-state index contributed by atoms with van der Waals surface area (Å²) >= 11 is 0. The summed E-state index contributed by atoms with van der Waals surface area (Å²) in [7, 11) is 0. The van der Waals surface area contributed by atoms with E-state index in [0.717, 1.165) is 12.0 Å². The van der Waals surface area contributed by atoms with Gasteiger partial charge < -0.3 is 5.32 Å². The summed E-state index contributed by atoms with van der Waals surface area (Å²) in [5.74, 6) is -0.216. The highest BCUT2D eigenvalue weighted by atomic mass is 19.1. The van der Waals surface area contributed by atoms with E-state index in [-0.39, 0.29) is 11.2 Å². The van der Waals surface area contributed by atoms with E-state index in [9.17, 15) is 9.18 Å².